The number of amides is 2. The van der Waals surface area contributed by atoms with Crippen LogP contribution in [0, 0.1) is 17.2 Å². The zero-order valence-electron chi connectivity index (χ0n) is 13.9. The highest BCUT2D eigenvalue weighted by molar-refractivity contribution is 6.00. The maximum absolute atomic E-state index is 12.2. The van der Waals surface area contributed by atoms with Crippen LogP contribution in [0.5, 0.6) is 5.75 Å². The summed E-state index contributed by atoms with van der Waals surface area (Å²) in [5.74, 6) is -1.37. The highest BCUT2D eigenvalue weighted by Crippen LogP contribution is 2.32. The van der Waals surface area contributed by atoms with Crippen molar-refractivity contribution in [1.29, 1.82) is 5.26 Å². The van der Waals surface area contributed by atoms with Crippen molar-refractivity contribution in [1.82, 2.24) is 5.32 Å². The highest BCUT2D eigenvalue weighted by Gasteiger charge is 2.37. The molecule has 0 aromatic heterocycles. The van der Waals surface area contributed by atoms with E-state index >= 15 is 0 Å². The number of carbonyl (C=O) groups is 3. The number of nitriles is 1. The molecule has 1 atom stereocenters. The summed E-state index contributed by atoms with van der Waals surface area (Å²) in [6.07, 6.45) is 0.206. The van der Waals surface area contributed by atoms with Crippen LogP contribution in [-0.4, -0.2) is 44.6 Å². The third-order valence-corrected chi connectivity index (χ3v) is 3.74. The summed E-state index contributed by atoms with van der Waals surface area (Å²) in [5, 5.41) is 10.8. The van der Waals surface area contributed by atoms with E-state index < -0.39 is 24.4 Å². The predicted molar refractivity (Wildman–Crippen MR) is 87.7 cm³/mol. The van der Waals surface area contributed by atoms with Crippen molar-refractivity contribution in [3.05, 3.63) is 24.3 Å². The number of nitrogens with zero attached hydrogens (tertiary/aromatic N) is 2. The van der Waals surface area contributed by atoms with Crippen LogP contribution in [0.2, 0.25) is 0 Å². The van der Waals surface area contributed by atoms with E-state index in [0.717, 1.165) is 0 Å². The Hall–Kier alpha value is -3.08. The Kier molecular flexibility index (Phi) is 6.34. The van der Waals surface area contributed by atoms with Gasteiger partial charge in [0.25, 0.3) is 5.91 Å². The Morgan fingerprint density at radius 1 is 1.40 bits per heavy atom. The first-order valence-corrected chi connectivity index (χ1v) is 7.80. The van der Waals surface area contributed by atoms with Gasteiger partial charge in [0.1, 0.15) is 5.75 Å². The van der Waals surface area contributed by atoms with E-state index in [1.54, 1.807) is 24.3 Å². The number of anilines is 1. The molecule has 1 saturated heterocycles. The monoisotopic (exact) mass is 345 g/mol. The Labute approximate surface area is 145 Å². The van der Waals surface area contributed by atoms with Crippen LogP contribution in [0.4, 0.5) is 5.69 Å². The first-order valence-electron chi connectivity index (χ1n) is 7.80. The van der Waals surface area contributed by atoms with Gasteiger partial charge in [-0.25, -0.2) is 0 Å². The fraction of sp³-hybridized carbons (Fsp3) is 0.412. The van der Waals surface area contributed by atoms with E-state index in [9.17, 15) is 14.4 Å². The van der Waals surface area contributed by atoms with Crippen molar-refractivity contribution in [2.45, 2.75) is 12.8 Å². The molecule has 132 valence electrons. The van der Waals surface area contributed by atoms with Gasteiger partial charge in [-0.15, -0.1) is 0 Å². The highest BCUT2D eigenvalue weighted by atomic mass is 16.5. The summed E-state index contributed by atoms with van der Waals surface area (Å²) in [6.45, 7) is -0.0475. The van der Waals surface area contributed by atoms with Crippen molar-refractivity contribution < 1.29 is 23.9 Å². The van der Waals surface area contributed by atoms with Gasteiger partial charge in [0, 0.05) is 19.5 Å². The third-order valence-electron chi connectivity index (χ3n) is 3.74. The molecule has 1 aromatic carbocycles. The van der Waals surface area contributed by atoms with Gasteiger partial charge in [-0.3, -0.25) is 14.4 Å². The molecule has 0 spiro atoms. The SMILES string of the molecule is COc1ccccc1N1C[C@@H](C(=O)OCC(=O)NCCC#N)CC1=O. The molecule has 2 rings (SSSR count). The summed E-state index contributed by atoms with van der Waals surface area (Å²) in [5.41, 5.74) is 0.597. The van der Waals surface area contributed by atoms with Crippen LogP contribution in [-0.2, 0) is 19.1 Å². The molecule has 8 heteroatoms. The molecule has 1 N–H and O–H groups in total. The van der Waals surface area contributed by atoms with Crippen molar-refractivity contribution >= 4 is 23.5 Å². The number of hydrogen-bond acceptors (Lipinski definition) is 6. The van der Waals surface area contributed by atoms with E-state index in [4.69, 9.17) is 14.7 Å². The minimum absolute atomic E-state index is 0.0208. The summed E-state index contributed by atoms with van der Waals surface area (Å²) in [4.78, 5) is 37.3. The van der Waals surface area contributed by atoms with Gasteiger partial charge in [-0.05, 0) is 12.1 Å². The molecular formula is C17H19N3O5. The second-order valence-corrected chi connectivity index (χ2v) is 5.44. The summed E-state index contributed by atoms with van der Waals surface area (Å²) in [7, 11) is 1.51. The minimum atomic E-state index is -0.635. The molecule has 0 unspecified atom stereocenters. The molecule has 1 aliphatic rings. The summed E-state index contributed by atoms with van der Waals surface area (Å²) < 4.78 is 10.2. The maximum atomic E-state index is 12.2. The van der Waals surface area contributed by atoms with Gasteiger partial charge in [-0.1, -0.05) is 12.1 Å². The lowest BCUT2D eigenvalue weighted by molar-refractivity contribution is -0.152. The molecule has 0 radical (unpaired) electrons. The Balaban J connectivity index is 1.90. The first kappa shape index (κ1) is 18.3. The predicted octanol–water partition coefficient (Wildman–Crippen LogP) is 0.621. The molecule has 1 fully saturated rings. The topological polar surface area (TPSA) is 109 Å². The van der Waals surface area contributed by atoms with Crippen LogP contribution < -0.4 is 15.0 Å². The van der Waals surface area contributed by atoms with Crippen LogP contribution in [0.3, 0.4) is 0 Å². The second-order valence-electron chi connectivity index (χ2n) is 5.44. The Morgan fingerprint density at radius 3 is 2.88 bits per heavy atom. The number of rotatable bonds is 7. The van der Waals surface area contributed by atoms with Crippen LogP contribution >= 0.6 is 0 Å². The average molecular weight is 345 g/mol. The Morgan fingerprint density at radius 2 is 2.16 bits per heavy atom. The lowest BCUT2D eigenvalue weighted by Gasteiger charge is -2.19. The van der Waals surface area contributed by atoms with Crippen molar-refractivity contribution in [3.63, 3.8) is 0 Å². The zero-order valence-corrected chi connectivity index (χ0v) is 13.9. The number of carbonyl (C=O) groups excluding carboxylic acids is 3. The number of ether oxygens (including phenoxy) is 2. The third kappa shape index (κ3) is 4.70. The van der Waals surface area contributed by atoms with E-state index in [-0.39, 0.29) is 31.8 Å². The summed E-state index contributed by atoms with van der Waals surface area (Å²) in [6, 6.07) is 8.94. The average Bonchev–Trinajstić information content (AvgIpc) is 3.01. The minimum Gasteiger partial charge on any atom is -0.495 e. The number of hydrogen-bond donors (Lipinski definition) is 1. The van der Waals surface area contributed by atoms with Crippen molar-refractivity contribution in [2.24, 2.45) is 5.92 Å². The molecular weight excluding hydrogens is 326 g/mol. The lowest BCUT2D eigenvalue weighted by atomic mass is 10.1. The van der Waals surface area contributed by atoms with Gasteiger partial charge in [-0.2, -0.15) is 5.26 Å². The molecule has 1 aliphatic heterocycles. The van der Waals surface area contributed by atoms with Crippen molar-refractivity contribution in [2.75, 3.05) is 31.7 Å². The number of nitrogens with one attached hydrogen (secondary N) is 1. The Bertz CT molecular complexity index is 698. The van der Waals surface area contributed by atoms with E-state index in [1.165, 1.54) is 12.0 Å². The quantitative estimate of drug-likeness (QED) is 0.573. The smallest absolute Gasteiger partial charge is 0.311 e. The number of benzene rings is 1. The molecule has 1 heterocycles. The van der Waals surface area contributed by atoms with E-state index in [2.05, 4.69) is 5.32 Å². The molecule has 0 saturated carbocycles. The largest absolute Gasteiger partial charge is 0.495 e. The van der Waals surface area contributed by atoms with E-state index in [1.807, 2.05) is 6.07 Å². The summed E-state index contributed by atoms with van der Waals surface area (Å²) >= 11 is 0. The second kappa shape index (κ2) is 8.68. The number of methoxy groups -OCH3 is 1. The van der Waals surface area contributed by atoms with Gasteiger partial charge in [0.05, 0.1) is 31.2 Å². The van der Waals surface area contributed by atoms with Crippen LogP contribution in [0.15, 0.2) is 24.3 Å². The molecule has 0 aliphatic carbocycles. The molecule has 0 bridgehead atoms. The molecule has 25 heavy (non-hydrogen) atoms. The molecule has 2 amide bonds. The van der Waals surface area contributed by atoms with Crippen LogP contribution in [0.25, 0.3) is 0 Å². The van der Waals surface area contributed by atoms with Gasteiger partial charge >= 0.3 is 5.97 Å². The maximum Gasteiger partial charge on any atom is 0.311 e. The van der Waals surface area contributed by atoms with Gasteiger partial charge in [0.2, 0.25) is 5.91 Å². The molecule has 1 aromatic rings. The van der Waals surface area contributed by atoms with Crippen LogP contribution in [0.1, 0.15) is 12.8 Å². The number of esters is 1. The molecule has 8 nitrogen and oxygen atoms in total. The van der Waals surface area contributed by atoms with Gasteiger partial charge in [0.15, 0.2) is 6.61 Å². The standard InChI is InChI=1S/C17H19N3O5/c1-24-14-6-3-2-5-13(14)20-10-12(9-16(20)22)17(23)25-11-15(21)19-8-4-7-18/h2-3,5-6,12H,4,8-11H2,1H3,(H,19,21)/t12-/m0/s1. The zero-order chi connectivity index (χ0) is 18.2. The normalized spacial score (nSPS) is 16.2. The van der Waals surface area contributed by atoms with Gasteiger partial charge < -0.3 is 19.7 Å². The first-order chi connectivity index (χ1) is 12.1. The lowest BCUT2D eigenvalue weighted by Crippen LogP contribution is -2.31. The van der Waals surface area contributed by atoms with Crippen molar-refractivity contribution in [3.8, 4) is 11.8 Å². The fourth-order valence-electron chi connectivity index (χ4n) is 2.51. The fourth-order valence-corrected chi connectivity index (χ4v) is 2.51. The van der Waals surface area contributed by atoms with E-state index in [0.29, 0.717) is 11.4 Å². The number of para-hydroxylation sites is 2.